The molecule has 6 heteroatoms. The summed E-state index contributed by atoms with van der Waals surface area (Å²) in [6.07, 6.45) is 0.463. The van der Waals surface area contributed by atoms with Crippen molar-refractivity contribution in [3.63, 3.8) is 0 Å². The van der Waals surface area contributed by atoms with Crippen LogP contribution in [0.25, 0.3) is 11.3 Å². The van der Waals surface area contributed by atoms with Gasteiger partial charge in [-0.2, -0.15) is 0 Å². The van der Waals surface area contributed by atoms with E-state index in [0.29, 0.717) is 23.5 Å². The largest absolute Gasteiger partial charge is 0.460 e. The van der Waals surface area contributed by atoms with E-state index in [0.717, 1.165) is 11.1 Å². The van der Waals surface area contributed by atoms with Crippen LogP contribution in [0.5, 0.6) is 0 Å². The lowest BCUT2D eigenvalue weighted by molar-refractivity contribution is 0.0941. The molecule has 3 rings (SSSR count). The molecule has 1 aliphatic rings. The Balaban J connectivity index is 1.92. The minimum absolute atomic E-state index is 0.00922. The minimum Gasteiger partial charge on any atom is -0.460 e. The quantitative estimate of drug-likeness (QED) is 0.936. The predicted molar refractivity (Wildman–Crippen MR) is 88.1 cm³/mol. The van der Waals surface area contributed by atoms with Crippen LogP contribution in [0.3, 0.4) is 0 Å². The van der Waals surface area contributed by atoms with E-state index in [1.54, 1.807) is 0 Å². The summed E-state index contributed by atoms with van der Waals surface area (Å²) in [4.78, 5) is 12.7. The molecule has 23 heavy (non-hydrogen) atoms. The number of sulfone groups is 1. The molecular weight excluding hydrogens is 314 g/mol. The summed E-state index contributed by atoms with van der Waals surface area (Å²) < 4.78 is 28.9. The normalized spacial score (nSPS) is 19.7. The van der Waals surface area contributed by atoms with Gasteiger partial charge in [-0.1, -0.05) is 30.3 Å². The topological polar surface area (TPSA) is 76.4 Å². The van der Waals surface area contributed by atoms with Crippen LogP contribution >= 0.6 is 0 Å². The molecule has 1 saturated heterocycles. The van der Waals surface area contributed by atoms with Gasteiger partial charge in [0.1, 0.15) is 11.5 Å². The first-order valence-electron chi connectivity index (χ1n) is 7.54. The van der Waals surface area contributed by atoms with Crippen molar-refractivity contribution in [3.05, 3.63) is 47.2 Å². The predicted octanol–water partition coefficient (Wildman–Crippen LogP) is 2.48. The fourth-order valence-corrected chi connectivity index (χ4v) is 4.53. The van der Waals surface area contributed by atoms with E-state index >= 15 is 0 Å². The molecule has 0 spiro atoms. The maximum atomic E-state index is 12.7. The molecule has 1 aromatic heterocycles. The summed E-state index contributed by atoms with van der Waals surface area (Å²) in [5.41, 5.74) is 2.09. The molecule has 0 bridgehead atoms. The number of carbonyl (C=O) groups is 1. The highest BCUT2D eigenvalue weighted by Crippen LogP contribution is 2.31. The molecule has 2 aromatic rings. The minimum atomic E-state index is -3.03. The second-order valence-electron chi connectivity index (χ2n) is 5.93. The van der Waals surface area contributed by atoms with Crippen LogP contribution in [0.1, 0.15) is 28.1 Å². The molecule has 1 atom stereocenters. The van der Waals surface area contributed by atoms with E-state index in [1.165, 1.54) is 0 Å². The van der Waals surface area contributed by atoms with Gasteiger partial charge in [-0.15, -0.1) is 0 Å². The van der Waals surface area contributed by atoms with Crippen LogP contribution in [-0.2, 0) is 9.84 Å². The summed E-state index contributed by atoms with van der Waals surface area (Å²) in [6.45, 7) is 3.66. The highest BCUT2D eigenvalue weighted by Gasteiger charge is 2.31. The van der Waals surface area contributed by atoms with E-state index in [-0.39, 0.29) is 23.5 Å². The average molecular weight is 333 g/mol. The van der Waals surface area contributed by atoms with Crippen molar-refractivity contribution in [2.45, 2.75) is 26.3 Å². The number of nitrogens with one attached hydrogen (secondary N) is 1. The molecule has 0 aliphatic carbocycles. The number of hydrogen-bond donors (Lipinski definition) is 1. The Labute approximate surface area is 135 Å². The molecular formula is C17H19NO4S. The number of amides is 1. The Morgan fingerprint density at radius 1 is 1.22 bits per heavy atom. The van der Waals surface area contributed by atoms with Crippen LogP contribution in [-0.4, -0.2) is 31.9 Å². The van der Waals surface area contributed by atoms with Gasteiger partial charge in [-0.05, 0) is 20.3 Å². The van der Waals surface area contributed by atoms with Crippen LogP contribution in [0.4, 0.5) is 0 Å². The average Bonchev–Trinajstić information content (AvgIpc) is 3.00. The number of hydrogen-bond acceptors (Lipinski definition) is 4. The number of benzene rings is 1. The monoisotopic (exact) mass is 333 g/mol. The van der Waals surface area contributed by atoms with E-state index < -0.39 is 9.84 Å². The van der Waals surface area contributed by atoms with Gasteiger partial charge in [0.25, 0.3) is 5.91 Å². The molecule has 0 radical (unpaired) electrons. The maximum Gasteiger partial charge on any atom is 0.255 e. The van der Waals surface area contributed by atoms with Crippen molar-refractivity contribution < 1.29 is 17.6 Å². The first-order valence-corrected chi connectivity index (χ1v) is 9.36. The summed E-state index contributed by atoms with van der Waals surface area (Å²) in [5.74, 6) is 1.08. The van der Waals surface area contributed by atoms with Crippen LogP contribution in [0.15, 0.2) is 34.7 Å². The number of aryl methyl sites for hydroxylation is 1. The highest BCUT2D eigenvalue weighted by atomic mass is 32.2. The standard InChI is InChI=1S/C17H19NO4S/c1-11-12(2)22-16(13-6-4-3-5-7-13)15(11)17(19)18-14-8-9-23(20,21)10-14/h3-7,14H,8-10H2,1-2H3,(H,18,19). The summed E-state index contributed by atoms with van der Waals surface area (Å²) in [5, 5.41) is 2.84. The Hall–Kier alpha value is -2.08. The van der Waals surface area contributed by atoms with Gasteiger partial charge in [-0.25, -0.2) is 8.42 Å². The summed E-state index contributed by atoms with van der Waals surface area (Å²) in [7, 11) is -3.03. The lowest BCUT2D eigenvalue weighted by Crippen LogP contribution is -2.36. The van der Waals surface area contributed by atoms with Gasteiger partial charge in [0, 0.05) is 17.2 Å². The summed E-state index contributed by atoms with van der Waals surface area (Å²) in [6, 6.07) is 9.10. The Morgan fingerprint density at radius 2 is 1.91 bits per heavy atom. The number of carbonyl (C=O) groups excluding carboxylic acids is 1. The van der Waals surface area contributed by atoms with E-state index in [1.807, 2.05) is 44.2 Å². The molecule has 5 nitrogen and oxygen atoms in total. The molecule has 1 fully saturated rings. The maximum absolute atomic E-state index is 12.7. The molecule has 122 valence electrons. The van der Waals surface area contributed by atoms with Crippen molar-refractivity contribution in [2.24, 2.45) is 0 Å². The fourth-order valence-electron chi connectivity index (χ4n) is 2.86. The lowest BCUT2D eigenvalue weighted by Gasteiger charge is -2.11. The first-order chi connectivity index (χ1) is 10.9. The van der Waals surface area contributed by atoms with Crippen molar-refractivity contribution in [3.8, 4) is 11.3 Å². The molecule has 1 amide bonds. The summed E-state index contributed by atoms with van der Waals surface area (Å²) >= 11 is 0. The molecule has 2 heterocycles. The van der Waals surface area contributed by atoms with E-state index in [4.69, 9.17) is 4.42 Å². The van der Waals surface area contributed by atoms with E-state index in [9.17, 15) is 13.2 Å². The third-order valence-corrected chi connectivity index (χ3v) is 5.98. The first kappa shape index (κ1) is 15.8. The van der Waals surface area contributed by atoms with Gasteiger partial charge >= 0.3 is 0 Å². The van der Waals surface area contributed by atoms with E-state index in [2.05, 4.69) is 5.32 Å². The van der Waals surface area contributed by atoms with Crippen molar-refractivity contribution >= 4 is 15.7 Å². The van der Waals surface area contributed by atoms with Crippen LogP contribution in [0.2, 0.25) is 0 Å². The van der Waals surface area contributed by atoms with Gasteiger partial charge in [0.2, 0.25) is 0 Å². The third-order valence-electron chi connectivity index (χ3n) is 4.22. The molecule has 1 unspecified atom stereocenters. The SMILES string of the molecule is Cc1oc(-c2ccccc2)c(C(=O)NC2CCS(=O)(=O)C2)c1C. The van der Waals surface area contributed by atoms with Crippen molar-refractivity contribution in [2.75, 3.05) is 11.5 Å². The zero-order chi connectivity index (χ0) is 16.6. The lowest BCUT2D eigenvalue weighted by atomic mass is 10.0. The molecule has 1 aromatic carbocycles. The van der Waals surface area contributed by atoms with Gasteiger partial charge in [0.05, 0.1) is 17.1 Å². The number of furan rings is 1. The molecule has 1 N–H and O–H groups in total. The zero-order valence-corrected chi connectivity index (χ0v) is 13.9. The van der Waals surface area contributed by atoms with Crippen LogP contribution in [0, 0.1) is 13.8 Å². The third kappa shape index (κ3) is 3.17. The fraction of sp³-hybridized carbons (Fsp3) is 0.353. The zero-order valence-electron chi connectivity index (χ0n) is 13.1. The Morgan fingerprint density at radius 3 is 2.52 bits per heavy atom. The highest BCUT2D eigenvalue weighted by molar-refractivity contribution is 7.91. The Kier molecular flexibility index (Phi) is 4.02. The van der Waals surface area contributed by atoms with Gasteiger partial charge in [0.15, 0.2) is 9.84 Å². The van der Waals surface area contributed by atoms with Gasteiger partial charge < -0.3 is 9.73 Å². The Bertz CT molecular complexity index is 837. The van der Waals surface area contributed by atoms with Gasteiger partial charge in [-0.3, -0.25) is 4.79 Å². The molecule has 0 saturated carbocycles. The number of rotatable bonds is 3. The molecule has 1 aliphatic heterocycles. The second-order valence-corrected chi connectivity index (χ2v) is 8.16. The van der Waals surface area contributed by atoms with Crippen LogP contribution < -0.4 is 5.32 Å². The van der Waals surface area contributed by atoms with Crippen molar-refractivity contribution in [1.29, 1.82) is 0 Å². The van der Waals surface area contributed by atoms with Crippen molar-refractivity contribution in [1.82, 2.24) is 5.32 Å². The second kappa shape index (κ2) is 5.85. The smallest absolute Gasteiger partial charge is 0.255 e.